The molecule has 3 unspecified atom stereocenters. The van der Waals surface area contributed by atoms with Gasteiger partial charge in [-0.2, -0.15) is 0 Å². The zero-order valence-corrected chi connectivity index (χ0v) is 7.48. The molecular formula is C10H12N3. The van der Waals surface area contributed by atoms with Crippen molar-refractivity contribution in [2.24, 2.45) is 0 Å². The molecule has 0 amide bonds. The van der Waals surface area contributed by atoms with Gasteiger partial charge in [-0.05, 0) is 25.3 Å². The van der Waals surface area contributed by atoms with Gasteiger partial charge in [0.2, 0.25) is 0 Å². The molecule has 0 N–H and O–H groups in total. The predicted molar refractivity (Wildman–Crippen MR) is 48.0 cm³/mol. The quantitative estimate of drug-likeness (QED) is 0.599. The lowest BCUT2D eigenvalue weighted by Gasteiger charge is -2.22. The van der Waals surface area contributed by atoms with Crippen LogP contribution in [-0.4, -0.2) is 27.5 Å². The largest absolute Gasteiger partial charge is 0.289 e. The standard InChI is InChI=1S/C10H12N3/c1-2-8-6-13(8)10(3-1)9-4-5-11-7-12-9/h4-5,8,10H,1-3,6H2. The fraction of sp³-hybridized carbons (Fsp3) is 0.600. The van der Waals surface area contributed by atoms with Crippen molar-refractivity contribution in [1.29, 1.82) is 0 Å². The third-order valence-corrected chi connectivity index (χ3v) is 3.07. The number of nitrogens with zero attached hydrogens (tertiary/aromatic N) is 3. The first kappa shape index (κ1) is 7.44. The molecule has 1 aromatic heterocycles. The maximum atomic E-state index is 4.20. The number of fused-ring (bicyclic) bond motifs is 1. The first-order chi connectivity index (χ1) is 6.45. The Kier molecular flexibility index (Phi) is 1.59. The van der Waals surface area contributed by atoms with E-state index in [1.165, 1.54) is 25.8 Å². The van der Waals surface area contributed by atoms with E-state index < -0.39 is 0 Å². The summed E-state index contributed by atoms with van der Waals surface area (Å²) in [7, 11) is 0. The molecule has 2 aliphatic heterocycles. The molecule has 3 atom stereocenters. The second-order valence-electron chi connectivity index (χ2n) is 3.88. The van der Waals surface area contributed by atoms with Crippen LogP contribution >= 0.6 is 0 Å². The van der Waals surface area contributed by atoms with Crippen molar-refractivity contribution in [2.75, 3.05) is 6.54 Å². The van der Waals surface area contributed by atoms with Gasteiger partial charge in [-0.1, -0.05) is 0 Å². The van der Waals surface area contributed by atoms with E-state index in [9.17, 15) is 0 Å². The third-order valence-electron chi connectivity index (χ3n) is 3.07. The van der Waals surface area contributed by atoms with Crippen LogP contribution < -0.4 is 0 Å². The molecule has 2 saturated heterocycles. The van der Waals surface area contributed by atoms with Crippen LogP contribution in [0, 0.1) is 6.33 Å². The molecule has 3 heterocycles. The summed E-state index contributed by atoms with van der Waals surface area (Å²) in [6.45, 7) is 1.27. The molecule has 0 aliphatic carbocycles. The Labute approximate surface area is 77.8 Å². The van der Waals surface area contributed by atoms with Gasteiger partial charge in [0, 0.05) is 18.8 Å². The summed E-state index contributed by atoms with van der Waals surface area (Å²) in [5, 5.41) is 0. The van der Waals surface area contributed by atoms with Crippen LogP contribution in [0.1, 0.15) is 31.0 Å². The highest BCUT2D eigenvalue weighted by molar-refractivity contribution is 5.11. The SMILES string of the molecule is [c]1nccc(C2CCCC3CN32)n1. The second-order valence-corrected chi connectivity index (χ2v) is 3.88. The predicted octanol–water partition coefficient (Wildman–Crippen LogP) is 1.19. The smallest absolute Gasteiger partial charge is 0.197 e. The molecule has 3 nitrogen and oxygen atoms in total. The first-order valence-corrected chi connectivity index (χ1v) is 4.90. The summed E-state index contributed by atoms with van der Waals surface area (Å²) in [5.41, 5.74) is 1.15. The maximum Gasteiger partial charge on any atom is 0.197 e. The molecule has 13 heavy (non-hydrogen) atoms. The molecule has 3 rings (SSSR count). The van der Waals surface area contributed by atoms with Crippen LogP contribution in [0.4, 0.5) is 0 Å². The molecule has 0 spiro atoms. The summed E-state index contributed by atoms with van der Waals surface area (Å²) in [6, 6.07) is 3.42. The van der Waals surface area contributed by atoms with Gasteiger partial charge in [0.15, 0.2) is 6.33 Å². The zero-order valence-electron chi connectivity index (χ0n) is 7.48. The van der Waals surface area contributed by atoms with Gasteiger partial charge in [-0.3, -0.25) is 4.90 Å². The Morgan fingerprint density at radius 1 is 1.46 bits per heavy atom. The summed E-state index contributed by atoms with van der Waals surface area (Å²) in [4.78, 5) is 10.6. The number of hydrogen-bond acceptors (Lipinski definition) is 3. The molecular weight excluding hydrogens is 162 g/mol. The van der Waals surface area contributed by atoms with Crippen molar-refractivity contribution in [3.05, 3.63) is 24.3 Å². The van der Waals surface area contributed by atoms with Crippen molar-refractivity contribution >= 4 is 0 Å². The van der Waals surface area contributed by atoms with Gasteiger partial charge in [-0.15, -0.1) is 0 Å². The number of piperidine rings is 1. The topological polar surface area (TPSA) is 28.8 Å². The Bertz CT molecular complexity index is 298. The molecule has 67 valence electrons. The van der Waals surface area contributed by atoms with Crippen LogP contribution in [0.15, 0.2) is 12.3 Å². The first-order valence-electron chi connectivity index (χ1n) is 4.90. The molecule has 1 aromatic rings. The van der Waals surface area contributed by atoms with Crippen LogP contribution in [0.25, 0.3) is 0 Å². The van der Waals surface area contributed by atoms with Gasteiger partial charge < -0.3 is 0 Å². The minimum absolute atomic E-state index is 0.554. The van der Waals surface area contributed by atoms with Gasteiger partial charge in [0.25, 0.3) is 0 Å². The van der Waals surface area contributed by atoms with Crippen LogP contribution in [0.5, 0.6) is 0 Å². The van der Waals surface area contributed by atoms with Gasteiger partial charge in [0.05, 0.1) is 11.7 Å². The molecule has 0 saturated carbocycles. The Morgan fingerprint density at radius 3 is 3.31 bits per heavy atom. The normalized spacial score (nSPS) is 36.8. The van der Waals surface area contributed by atoms with E-state index in [2.05, 4.69) is 21.2 Å². The summed E-state index contributed by atoms with van der Waals surface area (Å²) < 4.78 is 0. The fourth-order valence-electron chi connectivity index (χ4n) is 2.32. The number of aromatic nitrogens is 2. The average molecular weight is 174 g/mol. The molecule has 2 fully saturated rings. The van der Waals surface area contributed by atoms with Crippen LogP contribution in [0.3, 0.4) is 0 Å². The average Bonchev–Trinajstić information content (AvgIpc) is 2.97. The number of hydrogen-bond donors (Lipinski definition) is 0. The summed E-state index contributed by atoms with van der Waals surface area (Å²) in [6.07, 6.45) is 8.43. The highest BCUT2D eigenvalue weighted by Crippen LogP contribution is 2.41. The van der Waals surface area contributed by atoms with Crippen molar-refractivity contribution in [3.63, 3.8) is 0 Å². The Balaban J connectivity index is 1.85. The lowest BCUT2D eigenvalue weighted by molar-refractivity contribution is 0.294. The Morgan fingerprint density at radius 2 is 2.46 bits per heavy atom. The van der Waals surface area contributed by atoms with Gasteiger partial charge in [0.1, 0.15) is 0 Å². The molecule has 3 heteroatoms. The van der Waals surface area contributed by atoms with Crippen molar-refractivity contribution in [1.82, 2.24) is 14.9 Å². The maximum absolute atomic E-state index is 4.20. The summed E-state index contributed by atoms with van der Waals surface area (Å²) in [5.74, 6) is 0. The van der Waals surface area contributed by atoms with E-state index in [1.807, 2.05) is 6.07 Å². The van der Waals surface area contributed by atoms with E-state index in [4.69, 9.17) is 0 Å². The minimum atomic E-state index is 0.554. The lowest BCUT2D eigenvalue weighted by Crippen LogP contribution is -2.18. The highest BCUT2D eigenvalue weighted by atomic mass is 15.3. The van der Waals surface area contributed by atoms with Gasteiger partial charge in [-0.25, -0.2) is 9.97 Å². The van der Waals surface area contributed by atoms with E-state index in [-0.39, 0.29) is 0 Å². The van der Waals surface area contributed by atoms with E-state index in [0.717, 1.165) is 11.7 Å². The third kappa shape index (κ3) is 1.23. The van der Waals surface area contributed by atoms with Crippen molar-refractivity contribution < 1.29 is 0 Å². The monoisotopic (exact) mass is 174 g/mol. The second kappa shape index (κ2) is 2.77. The number of rotatable bonds is 1. The van der Waals surface area contributed by atoms with Crippen LogP contribution in [0.2, 0.25) is 0 Å². The lowest BCUT2D eigenvalue weighted by atomic mass is 10.0. The highest BCUT2D eigenvalue weighted by Gasteiger charge is 2.43. The van der Waals surface area contributed by atoms with Gasteiger partial charge >= 0.3 is 0 Å². The zero-order chi connectivity index (χ0) is 8.67. The van der Waals surface area contributed by atoms with Crippen molar-refractivity contribution in [3.8, 4) is 0 Å². The van der Waals surface area contributed by atoms with Crippen LogP contribution in [-0.2, 0) is 0 Å². The van der Waals surface area contributed by atoms with Crippen molar-refractivity contribution in [2.45, 2.75) is 31.3 Å². The molecule has 0 aromatic carbocycles. The minimum Gasteiger partial charge on any atom is -0.289 e. The fourth-order valence-corrected chi connectivity index (χ4v) is 2.32. The van der Waals surface area contributed by atoms with E-state index in [0.29, 0.717) is 6.04 Å². The molecule has 0 bridgehead atoms. The van der Waals surface area contributed by atoms with E-state index in [1.54, 1.807) is 6.20 Å². The Hall–Kier alpha value is -0.960. The van der Waals surface area contributed by atoms with E-state index >= 15 is 0 Å². The molecule has 1 radical (unpaired) electrons. The molecule has 2 aliphatic rings. The summed E-state index contributed by atoms with van der Waals surface area (Å²) >= 11 is 0.